The van der Waals surface area contributed by atoms with Crippen LogP contribution in [0.3, 0.4) is 0 Å². The molecule has 0 unspecified atom stereocenters. The lowest BCUT2D eigenvalue weighted by atomic mass is 10.3. The van der Waals surface area contributed by atoms with Gasteiger partial charge in [0.05, 0.1) is 23.0 Å². The maximum absolute atomic E-state index is 5.93. The summed E-state index contributed by atoms with van der Waals surface area (Å²) in [6.07, 6.45) is 0. The van der Waals surface area contributed by atoms with Crippen molar-refractivity contribution in [1.29, 1.82) is 0 Å². The largest absolute Gasteiger partial charge is 0.397 e. The average Bonchev–Trinajstić information content (AvgIpc) is 2.69. The number of hydrogen-bond acceptors (Lipinski definition) is 5. The number of halogens is 2. The molecule has 0 saturated heterocycles. The maximum atomic E-state index is 5.93. The molecule has 15 heavy (non-hydrogen) atoms. The summed E-state index contributed by atoms with van der Waals surface area (Å²) in [7, 11) is 0. The number of nitrogens with two attached hydrogens (primary N) is 2. The van der Waals surface area contributed by atoms with E-state index in [4.69, 9.17) is 10.9 Å². The number of thiophene rings is 2. The first-order chi connectivity index (χ1) is 7.11. The topological polar surface area (TPSA) is 52.0 Å². The molecule has 2 nitrogen and oxygen atoms in total. The smallest absolute Gasteiger partial charge is 0.0726 e. The van der Waals surface area contributed by atoms with Crippen molar-refractivity contribution < 1.29 is 0 Å². The summed E-state index contributed by atoms with van der Waals surface area (Å²) in [4.78, 5) is 3.25. The molecule has 0 fully saturated rings. The van der Waals surface area contributed by atoms with Gasteiger partial charge in [-0.25, -0.2) is 0 Å². The SMILES string of the molecule is NSc1cc(Br)sc1-c1sc(Br)cc1N. The minimum atomic E-state index is 0.788. The Bertz CT molecular complexity index is 492. The zero-order chi connectivity index (χ0) is 11.0. The highest BCUT2D eigenvalue weighted by Crippen LogP contribution is 2.46. The van der Waals surface area contributed by atoms with Crippen LogP contribution < -0.4 is 10.9 Å². The third-order valence-corrected chi connectivity index (χ3v) is 5.89. The Kier molecular flexibility index (Phi) is 3.79. The van der Waals surface area contributed by atoms with Gasteiger partial charge in [0, 0.05) is 4.90 Å². The highest BCUT2D eigenvalue weighted by Gasteiger charge is 2.15. The Labute approximate surface area is 116 Å². The van der Waals surface area contributed by atoms with Crippen LogP contribution in [0.5, 0.6) is 0 Å². The molecule has 4 N–H and O–H groups in total. The summed E-state index contributed by atoms with van der Waals surface area (Å²) in [6, 6.07) is 3.93. The third-order valence-electron chi connectivity index (χ3n) is 1.73. The van der Waals surface area contributed by atoms with E-state index in [1.165, 1.54) is 11.9 Å². The van der Waals surface area contributed by atoms with Crippen LogP contribution in [0.15, 0.2) is 24.6 Å². The van der Waals surface area contributed by atoms with Crippen molar-refractivity contribution in [2.75, 3.05) is 5.73 Å². The molecule has 7 heteroatoms. The fourth-order valence-electron chi connectivity index (χ4n) is 1.14. The normalized spacial score (nSPS) is 10.9. The van der Waals surface area contributed by atoms with Crippen LogP contribution in [0, 0.1) is 0 Å². The van der Waals surface area contributed by atoms with Gasteiger partial charge in [0.15, 0.2) is 0 Å². The first-order valence-electron chi connectivity index (χ1n) is 3.83. The van der Waals surface area contributed by atoms with Crippen LogP contribution in [0.1, 0.15) is 0 Å². The summed E-state index contributed by atoms with van der Waals surface area (Å²) in [5, 5.41) is 5.61. The molecule has 0 bridgehead atoms. The second-order valence-corrected chi connectivity index (χ2v) is 8.24. The van der Waals surface area contributed by atoms with Crippen LogP contribution in [-0.2, 0) is 0 Å². The van der Waals surface area contributed by atoms with Crippen molar-refractivity contribution in [2.45, 2.75) is 4.90 Å². The van der Waals surface area contributed by atoms with Gasteiger partial charge in [0.2, 0.25) is 0 Å². The second kappa shape index (κ2) is 4.77. The molecule has 2 aromatic heterocycles. The molecule has 0 aliphatic heterocycles. The fraction of sp³-hybridized carbons (Fsp3) is 0. The Hall–Kier alpha value is 0.470. The van der Waals surface area contributed by atoms with Gasteiger partial charge in [-0.2, -0.15) is 0 Å². The van der Waals surface area contributed by atoms with Crippen LogP contribution in [0.4, 0.5) is 5.69 Å². The molecule has 0 amide bonds. The van der Waals surface area contributed by atoms with E-state index in [0.717, 1.165) is 27.9 Å². The summed E-state index contributed by atoms with van der Waals surface area (Å²) in [5.41, 5.74) is 6.72. The molecule has 2 rings (SSSR count). The predicted molar refractivity (Wildman–Crippen MR) is 77.5 cm³/mol. The minimum absolute atomic E-state index is 0.788. The van der Waals surface area contributed by atoms with E-state index >= 15 is 0 Å². The summed E-state index contributed by atoms with van der Waals surface area (Å²) >= 11 is 11.4. The standard InChI is InChI=1S/C8H6Br2N2S3/c9-5-1-3(11)7(13-5)8-4(15-12)2-6(10)14-8/h1-2H,11-12H2. The van der Waals surface area contributed by atoms with Gasteiger partial charge in [-0.15, -0.1) is 22.7 Å². The highest BCUT2D eigenvalue weighted by molar-refractivity contribution is 9.11. The monoisotopic (exact) mass is 384 g/mol. The second-order valence-electron chi connectivity index (χ2n) is 2.70. The van der Waals surface area contributed by atoms with Crippen molar-refractivity contribution in [3.05, 3.63) is 19.7 Å². The van der Waals surface area contributed by atoms with E-state index in [-0.39, 0.29) is 0 Å². The molecule has 2 aromatic rings. The van der Waals surface area contributed by atoms with E-state index in [2.05, 4.69) is 31.9 Å². The van der Waals surface area contributed by atoms with Gasteiger partial charge in [0.25, 0.3) is 0 Å². The Morgan fingerprint density at radius 1 is 1.07 bits per heavy atom. The quantitative estimate of drug-likeness (QED) is 0.745. The minimum Gasteiger partial charge on any atom is -0.397 e. The van der Waals surface area contributed by atoms with Crippen molar-refractivity contribution in [3.63, 3.8) is 0 Å². The van der Waals surface area contributed by atoms with Gasteiger partial charge in [-0.3, -0.25) is 5.14 Å². The van der Waals surface area contributed by atoms with Gasteiger partial charge < -0.3 is 5.73 Å². The molecule has 0 saturated carbocycles. The molecule has 0 aliphatic carbocycles. The predicted octanol–water partition coefficient (Wildman–Crippen LogP) is 4.55. The van der Waals surface area contributed by atoms with Crippen LogP contribution in [-0.4, -0.2) is 0 Å². The van der Waals surface area contributed by atoms with Gasteiger partial charge >= 0.3 is 0 Å². The summed E-state index contributed by atoms with van der Waals surface area (Å²) in [6.45, 7) is 0. The van der Waals surface area contributed by atoms with E-state index in [9.17, 15) is 0 Å². The Morgan fingerprint density at radius 2 is 1.67 bits per heavy atom. The molecule has 0 aliphatic rings. The Morgan fingerprint density at radius 3 is 2.20 bits per heavy atom. The third kappa shape index (κ3) is 2.42. The first-order valence-corrected chi connectivity index (χ1v) is 7.93. The van der Waals surface area contributed by atoms with E-state index in [1.807, 2.05) is 12.1 Å². The van der Waals surface area contributed by atoms with Gasteiger partial charge in [-0.05, 0) is 55.9 Å². The van der Waals surface area contributed by atoms with Crippen molar-refractivity contribution in [3.8, 4) is 9.75 Å². The fourth-order valence-corrected chi connectivity index (χ4v) is 5.30. The summed E-state index contributed by atoms with van der Waals surface area (Å²) < 4.78 is 2.10. The first kappa shape index (κ1) is 11.9. The van der Waals surface area contributed by atoms with Crippen molar-refractivity contribution >= 4 is 72.2 Å². The molecular weight excluding hydrogens is 380 g/mol. The zero-order valence-corrected chi connectivity index (χ0v) is 12.9. The maximum Gasteiger partial charge on any atom is 0.0726 e. The lowest BCUT2D eigenvalue weighted by molar-refractivity contribution is 1.57. The van der Waals surface area contributed by atoms with Crippen LogP contribution in [0.25, 0.3) is 9.75 Å². The average molecular weight is 386 g/mol. The van der Waals surface area contributed by atoms with Crippen LogP contribution >= 0.6 is 66.5 Å². The van der Waals surface area contributed by atoms with Crippen molar-refractivity contribution in [2.24, 2.45) is 5.14 Å². The molecule has 0 aromatic carbocycles. The number of rotatable bonds is 2. The zero-order valence-electron chi connectivity index (χ0n) is 7.29. The molecule has 2 heterocycles. The van der Waals surface area contributed by atoms with Gasteiger partial charge in [0.1, 0.15) is 0 Å². The number of anilines is 1. The molecule has 0 spiro atoms. The molecular formula is C8H6Br2N2S3. The Balaban J connectivity index is 2.57. The van der Waals surface area contributed by atoms with E-state index in [0.29, 0.717) is 0 Å². The molecule has 80 valence electrons. The lowest BCUT2D eigenvalue weighted by Crippen LogP contribution is -1.84. The van der Waals surface area contributed by atoms with E-state index in [1.54, 1.807) is 22.7 Å². The molecule has 0 atom stereocenters. The summed E-state index contributed by atoms with van der Waals surface area (Å²) in [5.74, 6) is 0. The number of nitrogen functional groups attached to an aromatic ring is 1. The van der Waals surface area contributed by atoms with Crippen molar-refractivity contribution in [1.82, 2.24) is 0 Å². The lowest BCUT2D eigenvalue weighted by Gasteiger charge is -1.98. The highest BCUT2D eigenvalue weighted by atomic mass is 79.9. The van der Waals surface area contributed by atoms with Crippen LogP contribution in [0.2, 0.25) is 0 Å². The van der Waals surface area contributed by atoms with Gasteiger partial charge in [-0.1, -0.05) is 0 Å². The molecule has 0 radical (unpaired) electrons. The van der Waals surface area contributed by atoms with E-state index < -0.39 is 0 Å². The number of hydrogen-bond donors (Lipinski definition) is 2.